The second kappa shape index (κ2) is 9.38. The van der Waals surface area contributed by atoms with E-state index in [1.807, 2.05) is 4.90 Å². The molecule has 2 heterocycles. The highest BCUT2D eigenvalue weighted by Crippen LogP contribution is 2.32. The van der Waals surface area contributed by atoms with E-state index in [0.29, 0.717) is 5.91 Å². The molecule has 6 nitrogen and oxygen atoms in total. The third kappa shape index (κ3) is 5.11. The summed E-state index contributed by atoms with van der Waals surface area (Å²) in [5.41, 5.74) is 0.226. The average molecular weight is 376 g/mol. The van der Waals surface area contributed by atoms with Crippen LogP contribution >= 0.6 is 0 Å². The number of nitrogens with zero attached hydrogens (tertiary/aromatic N) is 3. The first-order valence-electron chi connectivity index (χ1n) is 10.6. The Labute approximate surface area is 161 Å². The first-order valence-corrected chi connectivity index (χ1v) is 10.6. The van der Waals surface area contributed by atoms with Crippen LogP contribution in [0, 0.1) is 11.8 Å². The van der Waals surface area contributed by atoms with Crippen molar-refractivity contribution in [1.82, 2.24) is 14.7 Å². The highest BCUT2D eigenvalue weighted by Gasteiger charge is 2.30. The van der Waals surface area contributed by atoms with E-state index in [4.69, 9.17) is 5.11 Å². The zero-order valence-corrected chi connectivity index (χ0v) is 16.5. The van der Waals surface area contributed by atoms with Gasteiger partial charge < -0.3 is 10.0 Å². The van der Waals surface area contributed by atoms with Crippen molar-refractivity contribution in [3.8, 4) is 0 Å². The Morgan fingerprint density at radius 3 is 2.48 bits per heavy atom. The van der Waals surface area contributed by atoms with Gasteiger partial charge in [0, 0.05) is 25.2 Å². The van der Waals surface area contributed by atoms with Crippen molar-refractivity contribution < 1.29 is 14.7 Å². The van der Waals surface area contributed by atoms with E-state index < -0.39 is 5.97 Å². The molecule has 1 aromatic heterocycles. The SMILES string of the molecule is CCCC(CC1CCCCC1)C(=O)N1CCC(n2cc(C(=O)O)cn2)CC1. The summed E-state index contributed by atoms with van der Waals surface area (Å²) in [6, 6.07) is 0.185. The standard InChI is InChI=1S/C21H33N3O3/c1-2-6-17(13-16-7-4-3-5-8-16)20(25)23-11-9-19(10-12-23)24-15-18(14-22-24)21(26)27/h14-17,19H,2-13H2,1H3,(H,26,27). The van der Waals surface area contributed by atoms with E-state index in [-0.39, 0.29) is 17.5 Å². The summed E-state index contributed by atoms with van der Waals surface area (Å²) in [6.45, 7) is 3.67. The predicted molar refractivity (Wildman–Crippen MR) is 104 cm³/mol. The molecule has 27 heavy (non-hydrogen) atoms. The van der Waals surface area contributed by atoms with Crippen molar-refractivity contribution in [2.45, 2.75) is 77.2 Å². The highest BCUT2D eigenvalue weighted by atomic mass is 16.4. The number of carbonyl (C=O) groups excluding carboxylic acids is 1. The van der Waals surface area contributed by atoms with Gasteiger partial charge in [-0.2, -0.15) is 5.10 Å². The first-order chi connectivity index (χ1) is 13.1. The van der Waals surface area contributed by atoms with E-state index in [2.05, 4.69) is 12.0 Å². The van der Waals surface area contributed by atoms with Gasteiger partial charge in [0.25, 0.3) is 0 Å². The molecule has 1 aliphatic carbocycles. The van der Waals surface area contributed by atoms with E-state index in [0.717, 1.165) is 51.1 Å². The fraction of sp³-hybridized carbons (Fsp3) is 0.762. The van der Waals surface area contributed by atoms with Crippen molar-refractivity contribution in [1.29, 1.82) is 0 Å². The van der Waals surface area contributed by atoms with Crippen LogP contribution in [0.4, 0.5) is 0 Å². The van der Waals surface area contributed by atoms with E-state index >= 15 is 0 Å². The van der Waals surface area contributed by atoms with Crippen LogP contribution in [-0.4, -0.2) is 44.8 Å². The Balaban J connectivity index is 1.54. The van der Waals surface area contributed by atoms with Gasteiger partial charge in [-0.3, -0.25) is 9.48 Å². The number of aromatic nitrogens is 2. The Kier molecular flexibility index (Phi) is 6.91. The average Bonchev–Trinajstić information content (AvgIpc) is 3.19. The minimum absolute atomic E-state index is 0.179. The van der Waals surface area contributed by atoms with Gasteiger partial charge >= 0.3 is 5.97 Å². The van der Waals surface area contributed by atoms with Gasteiger partial charge in [0.2, 0.25) is 5.91 Å². The third-order valence-electron chi connectivity index (χ3n) is 6.33. The normalized spacial score (nSPS) is 20.6. The number of rotatable bonds is 7. The summed E-state index contributed by atoms with van der Waals surface area (Å²) in [5.74, 6) is 0.305. The van der Waals surface area contributed by atoms with Crippen molar-refractivity contribution in [3.05, 3.63) is 18.0 Å². The molecule has 0 bridgehead atoms. The van der Waals surface area contributed by atoms with Gasteiger partial charge in [0.1, 0.15) is 0 Å². The zero-order chi connectivity index (χ0) is 19.2. The number of amides is 1. The highest BCUT2D eigenvalue weighted by molar-refractivity contribution is 5.86. The van der Waals surface area contributed by atoms with Crippen LogP contribution in [0.1, 0.15) is 87.5 Å². The van der Waals surface area contributed by atoms with Crippen LogP contribution in [0.5, 0.6) is 0 Å². The number of hydrogen-bond donors (Lipinski definition) is 1. The fourth-order valence-electron chi connectivity index (χ4n) is 4.77. The molecule has 0 radical (unpaired) electrons. The molecule has 2 fully saturated rings. The number of hydrogen-bond acceptors (Lipinski definition) is 3. The first kappa shape index (κ1) is 19.9. The summed E-state index contributed by atoms with van der Waals surface area (Å²) in [6.07, 6.45) is 14.4. The van der Waals surface area contributed by atoms with Gasteiger partial charge in [0.05, 0.1) is 17.8 Å². The van der Waals surface area contributed by atoms with Crippen molar-refractivity contribution >= 4 is 11.9 Å². The zero-order valence-electron chi connectivity index (χ0n) is 16.5. The van der Waals surface area contributed by atoms with E-state index in [9.17, 15) is 9.59 Å². The number of piperidine rings is 1. The molecule has 1 atom stereocenters. The molecule has 1 saturated carbocycles. The second-order valence-corrected chi connectivity index (χ2v) is 8.30. The molecule has 150 valence electrons. The third-order valence-corrected chi connectivity index (χ3v) is 6.33. The lowest BCUT2D eigenvalue weighted by atomic mass is 9.81. The number of carbonyl (C=O) groups is 2. The minimum Gasteiger partial charge on any atom is -0.478 e. The topological polar surface area (TPSA) is 75.4 Å². The summed E-state index contributed by atoms with van der Waals surface area (Å²) in [7, 11) is 0. The lowest BCUT2D eigenvalue weighted by Crippen LogP contribution is -2.42. The van der Waals surface area contributed by atoms with Crippen molar-refractivity contribution in [2.75, 3.05) is 13.1 Å². The Hall–Kier alpha value is -1.85. The largest absolute Gasteiger partial charge is 0.478 e. The van der Waals surface area contributed by atoms with Gasteiger partial charge in [-0.05, 0) is 31.6 Å². The molecule has 1 saturated heterocycles. The van der Waals surface area contributed by atoms with Gasteiger partial charge in [0.15, 0.2) is 0 Å². The Bertz CT molecular complexity index is 628. The molecule has 1 aromatic rings. The monoisotopic (exact) mass is 375 g/mol. The molecule has 2 aliphatic rings. The van der Waals surface area contributed by atoms with Crippen LogP contribution < -0.4 is 0 Å². The maximum absolute atomic E-state index is 13.1. The molecule has 1 N–H and O–H groups in total. The fourth-order valence-corrected chi connectivity index (χ4v) is 4.77. The summed E-state index contributed by atoms with van der Waals surface area (Å²) in [4.78, 5) is 26.2. The lowest BCUT2D eigenvalue weighted by molar-refractivity contribution is -0.137. The van der Waals surface area contributed by atoms with E-state index in [1.54, 1.807) is 10.9 Å². The minimum atomic E-state index is -0.945. The summed E-state index contributed by atoms with van der Waals surface area (Å²) in [5, 5.41) is 13.3. The molecular formula is C21H33N3O3. The molecule has 1 aliphatic heterocycles. The molecule has 6 heteroatoms. The van der Waals surface area contributed by atoms with Crippen LogP contribution in [-0.2, 0) is 4.79 Å². The maximum Gasteiger partial charge on any atom is 0.338 e. The smallest absolute Gasteiger partial charge is 0.338 e. The van der Waals surface area contributed by atoms with Crippen LogP contribution in [0.2, 0.25) is 0 Å². The van der Waals surface area contributed by atoms with Crippen LogP contribution in [0.3, 0.4) is 0 Å². The predicted octanol–water partition coefficient (Wildman–Crippen LogP) is 4.13. The molecule has 1 amide bonds. The van der Waals surface area contributed by atoms with Gasteiger partial charge in [-0.15, -0.1) is 0 Å². The second-order valence-electron chi connectivity index (χ2n) is 8.30. The van der Waals surface area contributed by atoms with Gasteiger partial charge in [-0.25, -0.2) is 4.79 Å². The number of likely N-dealkylation sites (tertiary alicyclic amines) is 1. The lowest BCUT2D eigenvalue weighted by Gasteiger charge is -2.35. The van der Waals surface area contributed by atoms with Gasteiger partial charge in [-0.1, -0.05) is 45.4 Å². The maximum atomic E-state index is 13.1. The van der Waals surface area contributed by atoms with Crippen LogP contribution in [0.15, 0.2) is 12.4 Å². The Morgan fingerprint density at radius 2 is 1.89 bits per heavy atom. The molecule has 0 spiro atoms. The van der Waals surface area contributed by atoms with Crippen molar-refractivity contribution in [3.63, 3.8) is 0 Å². The summed E-state index contributed by atoms with van der Waals surface area (Å²) >= 11 is 0. The molecular weight excluding hydrogens is 342 g/mol. The number of carboxylic acids is 1. The van der Waals surface area contributed by atoms with Crippen LogP contribution in [0.25, 0.3) is 0 Å². The molecule has 3 rings (SSSR count). The molecule has 1 unspecified atom stereocenters. The quantitative estimate of drug-likeness (QED) is 0.777. The molecule has 0 aromatic carbocycles. The van der Waals surface area contributed by atoms with Crippen molar-refractivity contribution in [2.24, 2.45) is 11.8 Å². The number of aromatic carboxylic acids is 1. The summed E-state index contributed by atoms with van der Waals surface area (Å²) < 4.78 is 1.76. The van der Waals surface area contributed by atoms with E-state index in [1.165, 1.54) is 38.3 Å². The number of carboxylic acid groups (broad SMARTS) is 1. The Morgan fingerprint density at radius 1 is 1.19 bits per heavy atom.